The van der Waals surface area contributed by atoms with Crippen molar-refractivity contribution < 1.29 is 15.0 Å². The summed E-state index contributed by atoms with van der Waals surface area (Å²) in [5.41, 5.74) is 0.977. The minimum absolute atomic E-state index is 0.278. The Labute approximate surface area is 134 Å². The third kappa shape index (κ3) is 4.56. The van der Waals surface area contributed by atoms with E-state index < -0.39 is 5.97 Å². The number of aliphatic carboxylic acids is 1. The van der Waals surface area contributed by atoms with Gasteiger partial charge in [0.15, 0.2) is 0 Å². The van der Waals surface area contributed by atoms with Crippen molar-refractivity contribution >= 4 is 51.2 Å². The van der Waals surface area contributed by atoms with Crippen LogP contribution in [0.5, 0.6) is 5.75 Å². The molecule has 0 fully saturated rings. The van der Waals surface area contributed by atoms with E-state index in [1.54, 1.807) is 0 Å². The highest BCUT2D eigenvalue weighted by Gasteiger charge is 2.18. The highest BCUT2D eigenvalue weighted by molar-refractivity contribution is 14.1. The highest BCUT2D eigenvalue weighted by atomic mass is 127. The fraction of sp³-hybridized carbons (Fsp3) is 0.462. The van der Waals surface area contributed by atoms with Crippen molar-refractivity contribution in [1.29, 1.82) is 0 Å². The number of rotatable bonds is 6. The maximum Gasteiger partial charge on any atom is 0.306 e. The second kappa shape index (κ2) is 7.52. The van der Waals surface area contributed by atoms with Crippen molar-refractivity contribution in [3.63, 3.8) is 0 Å². The van der Waals surface area contributed by atoms with E-state index in [-0.39, 0.29) is 11.7 Å². The van der Waals surface area contributed by atoms with Gasteiger partial charge in [0.05, 0.1) is 13.1 Å². The van der Waals surface area contributed by atoms with Gasteiger partial charge in [-0.15, -0.1) is 0 Å². The van der Waals surface area contributed by atoms with E-state index in [1.165, 1.54) is 0 Å². The first kappa shape index (κ1) is 16.0. The molecule has 1 rings (SSSR count). The lowest BCUT2D eigenvalue weighted by atomic mass is 9.94. The summed E-state index contributed by atoms with van der Waals surface area (Å²) < 4.78 is 1.54. The molecule has 0 aliphatic carbocycles. The predicted octanol–water partition coefficient (Wildman–Crippen LogP) is 4.03. The Hall–Kier alpha value is -0.0500. The molecule has 0 saturated heterocycles. The number of carboxylic acid groups (broad SMARTS) is 1. The third-order valence-electron chi connectivity index (χ3n) is 2.81. The summed E-state index contributed by atoms with van der Waals surface area (Å²) in [7, 11) is 0. The van der Waals surface area contributed by atoms with E-state index in [0.717, 1.165) is 25.5 Å². The molecule has 0 spiro atoms. The number of halogens is 2. The fourth-order valence-electron chi connectivity index (χ4n) is 1.78. The van der Waals surface area contributed by atoms with Gasteiger partial charge in [-0.25, -0.2) is 0 Å². The zero-order chi connectivity index (χ0) is 13.7. The van der Waals surface area contributed by atoms with Crippen molar-refractivity contribution in [3.8, 4) is 5.75 Å². The Morgan fingerprint density at radius 3 is 2.33 bits per heavy atom. The van der Waals surface area contributed by atoms with E-state index in [0.29, 0.717) is 12.8 Å². The zero-order valence-electron chi connectivity index (χ0n) is 10.1. The summed E-state index contributed by atoms with van der Waals surface area (Å²) in [6.07, 6.45) is 3.18. The normalized spacial score (nSPS) is 12.4. The monoisotopic (exact) mass is 474 g/mol. The van der Waals surface area contributed by atoms with E-state index in [2.05, 4.69) is 52.1 Å². The number of unbranched alkanes of at least 4 members (excludes halogenated alkanes) is 1. The number of aromatic hydroxyl groups is 1. The molecule has 18 heavy (non-hydrogen) atoms. The first-order valence-electron chi connectivity index (χ1n) is 5.85. The summed E-state index contributed by atoms with van der Waals surface area (Å²) in [6, 6.07) is 3.72. The molecule has 1 aromatic carbocycles. The summed E-state index contributed by atoms with van der Waals surface area (Å²) in [5, 5.41) is 18.9. The summed E-state index contributed by atoms with van der Waals surface area (Å²) in [6.45, 7) is 2.06. The predicted molar refractivity (Wildman–Crippen MR) is 87.9 cm³/mol. The molecule has 1 unspecified atom stereocenters. The Morgan fingerprint density at radius 2 is 1.89 bits per heavy atom. The van der Waals surface area contributed by atoms with Gasteiger partial charge >= 0.3 is 5.97 Å². The Kier molecular flexibility index (Phi) is 6.68. The Balaban J connectivity index is 2.84. The molecule has 5 heteroatoms. The number of phenols is 1. The van der Waals surface area contributed by atoms with E-state index in [4.69, 9.17) is 0 Å². The van der Waals surface area contributed by atoms with E-state index >= 15 is 0 Å². The van der Waals surface area contributed by atoms with Crippen LogP contribution < -0.4 is 0 Å². The van der Waals surface area contributed by atoms with Crippen LogP contribution in [0.25, 0.3) is 0 Å². The molecular weight excluding hydrogens is 458 g/mol. The molecule has 3 nitrogen and oxygen atoms in total. The van der Waals surface area contributed by atoms with Crippen LogP contribution in [0.3, 0.4) is 0 Å². The number of hydrogen-bond acceptors (Lipinski definition) is 2. The molecular formula is C13H16I2O3. The second-order valence-corrected chi connectivity index (χ2v) is 6.61. The molecule has 1 atom stereocenters. The van der Waals surface area contributed by atoms with Gasteiger partial charge in [-0.1, -0.05) is 19.8 Å². The molecule has 0 aliphatic heterocycles. The van der Waals surface area contributed by atoms with E-state index in [9.17, 15) is 15.0 Å². The first-order valence-corrected chi connectivity index (χ1v) is 8.01. The van der Waals surface area contributed by atoms with Crippen molar-refractivity contribution in [2.45, 2.75) is 32.6 Å². The molecule has 0 saturated carbocycles. The first-order chi connectivity index (χ1) is 8.45. The lowest BCUT2D eigenvalue weighted by Crippen LogP contribution is -2.16. The minimum atomic E-state index is -0.735. The van der Waals surface area contributed by atoms with Crippen LogP contribution in [0.15, 0.2) is 12.1 Å². The van der Waals surface area contributed by atoms with Crippen LogP contribution in [0.2, 0.25) is 0 Å². The molecule has 0 amide bonds. The average Bonchev–Trinajstić information content (AvgIpc) is 2.30. The van der Waals surface area contributed by atoms with Crippen molar-refractivity contribution in [2.24, 2.45) is 5.92 Å². The highest BCUT2D eigenvalue weighted by Crippen LogP contribution is 2.29. The summed E-state index contributed by atoms with van der Waals surface area (Å²) in [5.74, 6) is -0.789. The number of benzene rings is 1. The van der Waals surface area contributed by atoms with Crippen molar-refractivity contribution in [2.75, 3.05) is 0 Å². The number of hydrogen-bond donors (Lipinski definition) is 2. The van der Waals surface area contributed by atoms with Gasteiger partial charge in [-0.2, -0.15) is 0 Å². The van der Waals surface area contributed by atoms with Crippen LogP contribution in [0.1, 0.15) is 31.7 Å². The molecule has 0 bridgehead atoms. The van der Waals surface area contributed by atoms with Gasteiger partial charge in [0.2, 0.25) is 0 Å². The maximum atomic E-state index is 11.2. The van der Waals surface area contributed by atoms with Gasteiger partial charge in [0, 0.05) is 0 Å². The molecule has 0 aromatic heterocycles. The largest absolute Gasteiger partial charge is 0.506 e. The minimum Gasteiger partial charge on any atom is -0.506 e. The maximum absolute atomic E-state index is 11.2. The SMILES string of the molecule is CCCCC(Cc1cc(I)c(O)c(I)c1)C(=O)O. The fourth-order valence-corrected chi connectivity index (χ4v) is 3.68. The van der Waals surface area contributed by atoms with Gasteiger partial charge < -0.3 is 10.2 Å². The van der Waals surface area contributed by atoms with Gasteiger partial charge in [-0.05, 0) is 75.7 Å². The van der Waals surface area contributed by atoms with E-state index in [1.807, 2.05) is 12.1 Å². The van der Waals surface area contributed by atoms with Gasteiger partial charge in [0.25, 0.3) is 0 Å². The van der Waals surface area contributed by atoms with Crippen LogP contribution in [0, 0.1) is 13.1 Å². The summed E-state index contributed by atoms with van der Waals surface area (Å²) >= 11 is 4.13. The lowest BCUT2D eigenvalue weighted by molar-refractivity contribution is -0.141. The molecule has 0 aliphatic rings. The average molecular weight is 474 g/mol. The third-order valence-corrected chi connectivity index (χ3v) is 4.46. The van der Waals surface area contributed by atoms with Crippen LogP contribution in [0.4, 0.5) is 0 Å². The van der Waals surface area contributed by atoms with Crippen LogP contribution >= 0.6 is 45.2 Å². The molecule has 2 N–H and O–H groups in total. The van der Waals surface area contributed by atoms with Crippen LogP contribution in [-0.4, -0.2) is 16.2 Å². The molecule has 1 aromatic rings. The topological polar surface area (TPSA) is 57.5 Å². The number of carbonyl (C=O) groups is 1. The van der Waals surface area contributed by atoms with Crippen LogP contribution in [-0.2, 0) is 11.2 Å². The number of carboxylic acids is 1. The molecule has 0 heterocycles. The quantitative estimate of drug-likeness (QED) is 0.613. The Bertz CT molecular complexity index is 409. The second-order valence-electron chi connectivity index (χ2n) is 4.29. The standard InChI is InChI=1S/C13H16I2O3/c1-2-3-4-9(13(17)18)5-8-6-10(14)12(16)11(15)7-8/h6-7,9,16H,2-5H2,1H3,(H,17,18). The smallest absolute Gasteiger partial charge is 0.306 e. The molecule has 0 radical (unpaired) electrons. The lowest BCUT2D eigenvalue weighted by Gasteiger charge is -2.13. The summed E-state index contributed by atoms with van der Waals surface area (Å²) in [4.78, 5) is 11.2. The van der Waals surface area contributed by atoms with Gasteiger partial charge in [-0.3, -0.25) is 4.79 Å². The zero-order valence-corrected chi connectivity index (χ0v) is 14.4. The Morgan fingerprint density at radius 1 is 1.33 bits per heavy atom. The van der Waals surface area contributed by atoms with Crippen molar-refractivity contribution in [3.05, 3.63) is 24.8 Å². The van der Waals surface area contributed by atoms with Crippen molar-refractivity contribution in [1.82, 2.24) is 0 Å². The molecule has 100 valence electrons. The number of phenolic OH excluding ortho intramolecular Hbond substituents is 1. The van der Waals surface area contributed by atoms with Gasteiger partial charge in [0.1, 0.15) is 5.75 Å².